The van der Waals surface area contributed by atoms with E-state index in [1.807, 2.05) is 5.32 Å². The molecule has 0 atom stereocenters. The quantitative estimate of drug-likeness (QED) is 0.812. The molecule has 0 aliphatic heterocycles. The molecule has 0 unspecified atom stereocenters. The van der Waals surface area contributed by atoms with Gasteiger partial charge in [0, 0.05) is 4.47 Å². The van der Waals surface area contributed by atoms with Crippen LogP contribution in [-0.2, 0) is 11.3 Å². The van der Waals surface area contributed by atoms with E-state index < -0.39 is 37.0 Å². The van der Waals surface area contributed by atoms with E-state index in [1.54, 1.807) is 18.2 Å². The molecule has 3 N–H and O–H groups in total. The Hall–Kier alpha value is -1.87. The van der Waals surface area contributed by atoms with Gasteiger partial charge in [-0.1, -0.05) is 15.9 Å². The van der Waals surface area contributed by atoms with Crippen LogP contribution in [0.2, 0.25) is 0 Å². The first kappa shape index (κ1) is 16.5. The highest BCUT2D eigenvalue weighted by Gasteiger charge is 2.27. The second-order valence-corrected chi connectivity index (χ2v) is 5.59. The average Bonchev–Trinajstić information content (AvgIpc) is 2.49. The molecule has 2 rings (SSSR count). The lowest BCUT2D eigenvalue weighted by molar-refractivity contribution is -0.123. The van der Waals surface area contributed by atoms with Crippen LogP contribution in [0.25, 0.3) is 10.9 Å². The van der Waals surface area contributed by atoms with E-state index >= 15 is 0 Å². The van der Waals surface area contributed by atoms with Gasteiger partial charge in [-0.2, -0.15) is 0 Å². The van der Waals surface area contributed by atoms with E-state index in [0.29, 0.717) is 15.4 Å². The molecule has 0 aliphatic carbocycles. The van der Waals surface area contributed by atoms with Crippen LogP contribution in [0, 0.1) is 0 Å². The van der Waals surface area contributed by atoms with Crippen molar-refractivity contribution in [2.45, 2.75) is 12.5 Å². The van der Waals surface area contributed by atoms with E-state index in [4.69, 9.17) is 5.73 Å². The topological polar surface area (TPSA) is 90.0 Å². The Kier molecular flexibility index (Phi) is 4.87. The van der Waals surface area contributed by atoms with E-state index in [1.165, 1.54) is 6.33 Å². The minimum Gasteiger partial charge on any atom is -0.348 e. The maximum absolute atomic E-state index is 13.0. The van der Waals surface area contributed by atoms with Crippen LogP contribution in [0.5, 0.6) is 0 Å². The third kappa shape index (κ3) is 3.86. The first-order valence-corrected chi connectivity index (χ1v) is 7.11. The standard InChI is InChI=1S/C13H13BrF2N4O2/c14-8-1-2-10-9(3-8)12(22)20(7-19-10)4-11(21)18-6-13(15,16)5-17/h1-3,7H,4-6,17H2,(H,18,21). The Morgan fingerprint density at radius 3 is 2.86 bits per heavy atom. The number of benzene rings is 1. The third-order valence-electron chi connectivity index (χ3n) is 2.94. The first-order valence-electron chi connectivity index (χ1n) is 6.32. The first-order chi connectivity index (χ1) is 10.3. The number of hydrogen-bond acceptors (Lipinski definition) is 4. The van der Waals surface area contributed by atoms with Crippen molar-refractivity contribution in [1.29, 1.82) is 0 Å². The molecule has 0 spiro atoms. The van der Waals surface area contributed by atoms with Crippen LogP contribution >= 0.6 is 15.9 Å². The minimum atomic E-state index is -3.17. The van der Waals surface area contributed by atoms with Gasteiger partial charge in [0.1, 0.15) is 6.54 Å². The smallest absolute Gasteiger partial charge is 0.277 e. The number of fused-ring (bicyclic) bond motifs is 1. The van der Waals surface area contributed by atoms with Crippen molar-refractivity contribution < 1.29 is 13.6 Å². The van der Waals surface area contributed by atoms with Gasteiger partial charge in [-0.05, 0) is 18.2 Å². The number of carbonyl (C=O) groups is 1. The molecule has 22 heavy (non-hydrogen) atoms. The van der Waals surface area contributed by atoms with Crippen molar-refractivity contribution in [1.82, 2.24) is 14.9 Å². The number of nitrogens with one attached hydrogen (secondary N) is 1. The monoisotopic (exact) mass is 374 g/mol. The summed E-state index contributed by atoms with van der Waals surface area (Å²) in [6.07, 6.45) is 1.21. The molecule has 1 heterocycles. The summed E-state index contributed by atoms with van der Waals surface area (Å²) >= 11 is 3.25. The van der Waals surface area contributed by atoms with Gasteiger partial charge >= 0.3 is 0 Å². The van der Waals surface area contributed by atoms with Crippen LogP contribution in [0.15, 0.2) is 33.8 Å². The summed E-state index contributed by atoms with van der Waals surface area (Å²) in [6.45, 7) is -2.13. The number of alkyl halides is 2. The van der Waals surface area contributed by atoms with Crippen LogP contribution in [0.4, 0.5) is 8.78 Å². The van der Waals surface area contributed by atoms with Gasteiger partial charge in [-0.25, -0.2) is 13.8 Å². The lowest BCUT2D eigenvalue weighted by Crippen LogP contribution is -2.43. The predicted molar refractivity (Wildman–Crippen MR) is 80.7 cm³/mol. The van der Waals surface area contributed by atoms with Gasteiger partial charge in [-0.3, -0.25) is 14.2 Å². The van der Waals surface area contributed by atoms with Crippen molar-refractivity contribution in [3.8, 4) is 0 Å². The predicted octanol–water partition coefficient (Wildman–Crippen LogP) is 0.869. The molecule has 118 valence electrons. The summed E-state index contributed by atoms with van der Waals surface area (Å²) in [5, 5.41) is 2.37. The van der Waals surface area contributed by atoms with E-state index in [9.17, 15) is 18.4 Å². The highest BCUT2D eigenvalue weighted by Crippen LogP contribution is 2.14. The molecule has 2 aromatic rings. The normalized spacial score (nSPS) is 11.6. The summed E-state index contributed by atoms with van der Waals surface area (Å²) in [6, 6.07) is 4.98. The molecule has 0 saturated heterocycles. The maximum atomic E-state index is 13.0. The lowest BCUT2D eigenvalue weighted by Gasteiger charge is -2.14. The van der Waals surface area contributed by atoms with Crippen molar-refractivity contribution in [3.05, 3.63) is 39.4 Å². The van der Waals surface area contributed by atoms with E-state index in [2.05, 4.69) is 20.9 Å². The number of nitrogens with zero attached hydrogens (tertiary/aromatic N) is 2. The summed E-state index contributed by atoms with van der Waals surface area (Å²) in [5.41, 5.74) is 4.94. The van der Waals surface area contributed by atoms with Gasteiger partial charge < -0.3 is 11.1 Å². The SMILES string of the molecule is NCC(F)(F)CNC(=O)Cn1cnc2ccc(Br)cc2c1=O. The molecule has 6 nitrogen and oxygen atoms in total. The summed E-state index contributed by atoms with van der Waals surface area (Å²) in [7, 11) is 0. The van der Waals surface area contributed by atoms with Crippen LogP contribution < -0.4 is 16.6 Å². The third-order valence-corrected chi connectivity index (χ3v) is 3.44. The second kappa shape index (κ2) is 6.49. The fourth-order valence-corrected chi connectivity index (χ4v) is 2.12. The summed E-state index contributed by atoms with van der Waals surface area (Å²) < 4.78 is 27.7. The molecular formula is C13H13BrF2N4O2. The molecule has 1 amide bonds. The van der Waals surface area contributed by atoms with Crippen molar-refractivity contribution in [3.63, 3.8) is 0 Å². The van der Waals surface area contributed by atoms with Gasteiger partial charge in [0.2, 0.25) is 5.91 Å². The van der Waals surface area contributed by atoms with Gasteiger partial charge in [0.25, 0.3) is 11.5 Å². The zero-order valence-electron chi connectivity index (χ0n) is 11.4. The Morgan fingerprint density at radius 1 is 1.45 bits per heavy atom. The van der Waals surface area contributed by atoms with Crippen molar-refractivity contribution in [2.75, 3.05) is 13.1 Å². The largest absolute Gasteiger partial charge is 0.348 e. The number of nitrogens with two attached hydrogens (primary N) is 1. The molecule has 0 radical (unpaired) electrons. The Balaban J connectivity index is 2.16. The van der Waals surface area contributed by atoms with E-state index in [0.717, 1.165) is 4.57 Å². The van der Waals surface area contributed by atoms with Crippen molar-refractivity contribution >= 4 is 32.7 Å². The number of amides is 1. The maximum Gasteiger partial charge on any atom is 0.277 e. The number of rotatable bonds is 5. The lowest BCUT2D eigenvalue weighted by atomic mass is 10.2. The number of halogens is 3. The molecule has 0 bridgehead atoms. The van der Waals surface area contributed by atoms with Crippen LogP contribution in [0.3, 0.4) is 0 Å². The van der Waals surface area contributed by atoms with Crippen LogP contribution in [-0.4, -0.2) is 34.5 Å². The number of carbonyl (C=O) groups excluding carboxylic acids is 1. The van der Waals surface area contributed by atoms with Gasteiger partial charge in [-0.15, -0.1) is 0 Å². The fourth-order valence-electron chi connectivity index (χ4n) is 1.75. The van der Waals surface area contributed by atoms with E-state index in [-0.39, 0.29) is 0 Å². The average molecular weight is 375 g/mol. The molecule has 9 heteroatoms. The zero-order valence-corrected chi connectivity index (χ0v) is 12.9. The Labute approximate surface area is 132 Å². The molecule has 1 aromatic carbocycles. The minimum absolute atomic E-state index is 0.331. The fraction of sp³-hybridized carbons (Fsp3) is 0.308. The summed E-state index contributed by atoms with van der Waals surface area (Å²) in [5.74, 6) is -3.89. The Morgan fingerprint density at radius 2 is 2.18 bits per heavy atom. The number of aromatic nitrogens is 2. The molecular weight excluding hydrogens is 362 g/mol. The molecule has 0 saturated carbocycles. The second-order valence-electron chi connectivity index (χ2n) is 4.68. The summed E-state index contributed by atoms with van der Waals surface area (Å²) in [4.78, 5) is 27.9. The van der Waals surface area contributed by atoms with Crippen LogP contribution in [0.1, 0.15) is 0 Å². The highest BCUT2D eigenvalue weighted by atomic mass is 79.9. The Bertz CT molecular complexity index is 763. The molecule has 1 aromatic heterocycles. The van der Waals surface area contributed by atoms with Gasteiger partial charge in [0.05, 0.1) is 30.3 Å². The number of hydrogen-bond donors (Lipinski definition) is 2. The zero-order chi connectivity index (χ0) is 16.3. The molecule has 0 fully saturated rings. The molecule has 0 aliphatic rings. The highest BCUT2D eigenvalue weighted by molar-refractivity contribution is 9.10. The van der Waals surface area contributed by atoms with Crippen molar-refractivity contribution in [2.24, 2.45) is 5.73 Å². The van der Waals surface area contributed by atoms with Gasteiger partial charge in [0.15, 0.2) is 0 Å².